The summed E-state index contributed by atoms with van der Waals surface area (Å²) in [4.78, 5) is 11.3. The fraction of sp³-hybridized carbons (Fsp3) is 0.417. The van der Waals surface area contributed by atoms with Gasteiger partial charge in [0, 0.05) is 0 Å². The topological polar surface area (TPSA) is 47.6 Å². The summed E-state index contributed by atoms with van der Waals surface area (Å²) < 4.78 is 10.4. The maximum absolute atomic E-state index is 11.3. The molecule has 2 rings (SSSR count). The van der Waals surface area contributed by atoms with E-state index in [0.717, 1.165) is 11.4 Å². The first-order chi connectivity index (χ1) is 7.79. The van der Waals surface area contributed by atoms with Crippen molar-refractivity contribution >= 4 is 24.1 Å². The summed E-state index contributed by atoms with van der Waals surface area (Å²) >= 11 is 0. The highest BCUT2D eigenvalue weighted by Crippen LogP contribution is 2.28. The van der Waals surface area contributed by atoms with Gasteiger partial charge in [-0.15, -0.1) is 12.4 Å². The summed E-state index contributed by atoms with van der Waals surface area (Å²) in [5.41, 5.74) is 0.933. The summed E-state index contributed by atoms with van der Waals surface area (Å²) in [6.45, 7) is 2.72. The predicted molar refractivity (Wildman–Crippen MR) is 67.8 cm³/mol. The molecule has 0 spiro atoms. The minimum absolute atomic E-state index is 0. The summed E-state index contributed by atoms with van der Waals surface area (Å²) in [6, 6.07) is 7.69. The number of rotatable bonds is 3. The minimum Gasteiger partial charge on any atom is -0.489 e. The van der Waals surface area contributed by atoms with Crippen LogP contribution < -0.4 is 10.1 Å². The van der Waals surface area contributed by atoms with Gasteiger partial charge < -0.3 is 14.8 Å². The van der Waals surface area contributed by atoms with Gasteiger partial charge in [-0.2, -0.15) is 0 Å². The van der Waals surface area contributed by atoms with Crippen molar-refractivity contribution in [2.24, 2.45) is 0 Å². The molecule has 4 nitrogen and oxygen atoms in total. The van der Waals surface area contributed by atoms with Crippen LogP contribution in [0.2, 0.25) is 0 Å². The molecule has 0 fully saturated rings. The Morgan fingerprint density at radius 3 is 3.06 bits per heavy atom. The molecule has 0 saturated heterocycles. The van der Waals surface area contributed by atoms with Crippen LogP contribution in [0.1, 0.15) is 13.3 Å². The van der Waals surface area contributed by atoms with Crippen LogP contribution in [0.25, 0.3) is 0 Å². The maximum atomic E-state index is 11.3. The van der Waals surface area contributed by atoms with Gasteiger partial charge >= 0.3 is 5.97 Å². The number of esters is 1. The van der Waals surface area contributed by atoms with E-state index in [1.54, 1.807) is 6.92 Å². The van der Waals surface area contributed by atoms with Gasteiger partial charge in [0.1, 0.15) is 12.4 Å². The molecular weight excluding hydrogens is 242 g/mol. The third-order valence-electron chi connectivity index (χ3n) is 2.41. The third-order valence-corrected chi connectivity index (χ3v) is 2.41. The van der Waals surface area contributed by atoms with Crippen LogP contribution in [-0.2, 0) is 9.53 Å². The molecule has 1 aromatic carbocycles. The molecule has 1 heterocycles. The normalized spacial score (nSPS) is 16.9. The SMILES string of the molecule is CCOC(=O)CC1COc2ccccc2N1.Cl. The van der Waals surface area contributed by atoms with E-state index in [-0.39, 0.29) is 24.4 Å². The molecule has 1 aromatic rings. The van der Waals surface area contributed by atoms with E-state index < -0.39 is 0 Å². The molecule has 94 valence electrons. The zero-order chi connectivity index (χ0) is 11.4. The number of carbonyl (C=O) groups is 1. The van der Waals surface area contributed by atoms with Crippen LogP contribution in [0.15, 0.2) is 24.3 Å². The quantitative estimate of drug-likeness (QED) is 0.844. The van der Waals surface area contributed by atoms with Crippen molar-refractivity contribution in [1.82, 2.24) is 0 Å². The van der Waals surface area contributed by atoms with E-state index in [4.69, 9.17) is 9.47 Å². The fourth-order valence-corrected chi connectivity index (χ4v) is 1.69. The number of hydrogen-bond donors (Lipinski definition) is 1. The molecule has 1 unspecified atom stereocenters. The average molecular weight is 258 g/mol. The zero-order valence-corrected chi connectivity index (χ0v) is 10.5. The van der Waals surface area contributed by atoms with Crippen LogP contribution in [0.5, 0.6) is 5.75 Å². The van der Waals surface area contributed by atoms with Crippen molar-refractivity contribution in [2.75, 3.05) is 18.5 Å². The first-order valence-electron chi connectivity index (χ1n) is 5.43. The van der Waals surface area contributed by atoms with Crippen LogP contribution >= 0.6 is 12.4 Å². The molecule has 0 aromatic heterocycles. The number of anilines is 1. The minimum atomic E-state index is -0.192. The monoisotopic (exact) mass is 257 g/mol. The van der Waals surface area contributed by atoms with Crippen molar-refractivity contribution in [3.8, 4) is 5.75 Å². The Kier molecular flexibility index (Phi) is 5.10. The first-order valence-corrected chi connectivity index (χ1v) is 5.43. The van der Waals surface area contributed by atoms with E-state index in [0.29, 0.717) is 19.6 Å². The van der Waals surface area contributed by atoms with Gasteiger partial charge in [-0.3, -0.25) is 4.79 Å². The lowest BCUT2D eigenvalue weighted by atomic mass is 10.1. The molecule has 1 atom stereocenters. The van der Waals surface area contributed by atoms with E-state index >= 15 is 0 Å². The van der Waals surface area contributed by atoms with E-state index in [9.17, 15) is 4.79 Å². The Labute approximate surface area is 107 Å². The highest BCUT2D eigenvalue weighted by molar-refractivity contribution is 5.85. The van der Waals surface area contributed by atoms with Gasteiger partial charge in [0.05, 0.1) is 24.8 Å². The Balaban J connectivity index is 0.00000144. The summed E-state index contributed by atoms with van der Waals surface area (Å²) in [7, 11) is 0. The molecule has 0 amide bonds. The lowest BCUT2D eigenvalue weighted by Gasteiger charge is -2.26. The number of ether oxygens (including phenoxy) is 2. The van der Waals surface area contributed by atoms with E-state index in [1.165, 1.54) is 0 Å². The molecule has 1 aliphatic rings. The lowest BCUT2D eigenvalue weighted by Crippen LogP contribution is -2.33. The molecular formula is C12H16ClNO3. The van der Waals surface area contributed by atoms with Gasteiger partial charge in [-0.05, 0) is 19.1 Å². The predicted octanol–water partition coefficient (Wildman–Crippen LogP) is 2.23. The average Bonchev–Trinajstić information content (AvgIpc) is 2.29. The smallest absolute Gasteiger partial charge is 0.307 e. The number of carbonyl (C=O) groups excluding carboxylic acids is 1. The number of fused-ring (bicyclic) bond motifs is 1. The van der Waals surface area contributed by atoms with Crippen LogP contribution in [-0.4, -0.2) is 25.2 Å². The highest BCUT2D eigenvalue weighted by Gasteiger charge is 2.21. The van der Waals surface area contributed by atoms with Crippen LogP contribution in [0, 0.1) is 0 Å². The van der Waals surface area contributed by atoms with Gasteiger partial charge in [-0.25, -0.2) is 0 Å². The Morgan fingerprint density at radius 2 is 2.29 bits per heavy atom. The second-order valence-electron chi connectivity index (χ2n) is 3.66. The number of halogens is 1. The molecule has 0 bridgehead atoms. The lowest BCUT2D eigenvalue weighted by molar-refractivity contribution is -0.143. The third kappa shape index (κ3) is 3.53. The van der Waals surface area contributed by atoms with Crippen LogP contribution in [0.3, 0.4) is 0 Å². The highest BCUT2D eigenvalue weighted by atomic mass is 35.5. The Bertz CT molecular complexity index is 384. The molecule has 0 aliphatic carbocycles. The Morgan fingerprint density at radius 1 is 1.53 bits per heavy atom. The summed E-state index contributed by atoms with van der Waals surface area (Å²) in [5.74, 6) is 0.644. The van der Waals surface area contributed by atoms with Crippen LogP contribution in [0.4, 0.5) is 5.69 Å². The second kappa shape index (κ2) is 6.35. The largest absolute Gasteiger partial charge is 0.489 e. The summed E-state index contributed by atoms with van der Waals surface area (Å²) in [5, 5.41) is 3.26. The van der Waals surface area contributed by atoms with Crippen molar-refractivity contribution < 1.29 is 14.3 Å². The van der Waals surface area contributed by atoms with Gasteiger partial charge in [0.25, 0.3) is 0 Å². The summed E-state index contributed by atoms with van der Waals surface area (Å²) in [6.07, 6.45) is 0.335. The fourth-order valence-electron chi connectivity index (χ4n) is 1.69. The number of benzene rings is 1. The second-order valence-corrected chi connectivity index (χ2v) is 3.66. The van der Waals surface area contributed by atoms with Gasteiger partial charge in [0.15, 0.2) is 0 Å². The molecule has 0 saturated carbocycles. The molecule has 1 aliphatic heterocycles. The van der Waals surface area contributed by atoms with E-state index in [2.05, 4.69) is 5.32 Å². The maximum Gasteiger partial charge on any atom is 0.307 e. The number of nitrogens with one attached hydrogen (secondary N) is 1. The standard InChI is InChI=1S/C12H15NO3.ClH/c1-2-15-12(14)7-9-8-16-11-6-4-3-5-10(11)13-9;/h3-6,9,13H,2,7-8H2,1H3;1H. The number of hydrogen-bond acceptors (Lipinski definition) is 4. The van der Waals surface area contributed by atoms with Crippen molar-refractivity contribution in [2.45, 2.75) is 19.4 Å². The molecule has 1 N–H and O–H groups in total. The number of para-hydroxylation sites is 2. The molecule has 0 radical (unpaired) electrons. The van der Waals surface area contributed by atoms with Crippen molar-refractivity contribution in [3.05, 3.63) is 24.3 Å². The van der Waals surface area contributed by atoms with Gasteiger partial charge in [0.2, 0.25) is 0 Å². The molecule has 5 heteroatoms. The Hall–Kier alpha value is -1.42. The van der Waals surface area contributed by atoms with E-state index in [1.807, 2.05) is 24.3 Å². The zero-order valence-electron chi connectivity index (χ0n) is 9.64. The van der Waals surface area contributed by atoms with Gasteiger partial charge in [-0.1, -0.05) is 12.1 Å². The van der Waals surface area contributed by atoms with Crippen molar-refractivity contribution in [3.63, 3.8) is 0 Å². The van der Waals surface area contributed by atoms with Crippen molar-refractivity contribution in [1.29, 1.82) is 0 Å². The first kappa shape index (κ1) is 13.6. The molecule has 17 heavy (non-hydrogen) atoms.